The maximum atomic E-state index is 12.3. The number of fused-ring (bicyclic) bond motifs is 1. The van der Waals surface area contributed by atoms with E-state index in [-0.39, 0.29) is 18.0 Å². The molecule has 0 aliphatic carbocycles. The summed E-state index contributed by atoms with van der Waals surface area (Å²) in [4.78, 5) is 33.4. The molecule has 1 aromatic heterocycles. The monoisotopic (exact) mass is 414 g/mol. The standard InChI is InChI=1S/C19H19BrN4O2/c1-12-9-13(20)7-8-15(12)22-18(25)11-24(2)10-17-21-16-6-4-3-5-14(16)19(26)23-17/h3-9H,10-11H2,1-2H3,(H,22,25)(H,21,23,26). The zero-order chi connectivity index (χ0) is 18.7. The maximum absolute atomic E-state index is 12.3. The lowest BCUT2D eigenvalue weighted by Crippen LogP contribution is -2.31. The zero-order valence-electron chi connectivity index (χ0n) is 14.5. The summed E-state index contributed by atoms with van der Waals surface area (Å²) in [5, 5.41) is 3.46. The number of carbonyl (C=O) groups is 1. The molecule has 0 unspecified atom stereocenters. The van der Waals surface area contributed by atoms with Gasteiger partial charge in [-0.1, -0.05) is 28.1 Å². The van der Waals surface area contributed by atoms with Crippen LogP contribution in [0.2, 0.25) is 0 Å². The molecule has 0 saturated carbocycles. The molecule has 1 amide bonds. The summed E-state index contributed by atoms with van der Waals surface area (Å²) < 4.78 is 0.969. The Morgan fingerprint density at radius 1 is 1.27 bits per heavy atom. The Bertz CT molecular complexity index is 1020. The second kappa shape index (κ2) is 7.80. The summed E-state index contributed by atoms with van der Waals surface area (Å²) in [6.07, 6.45) is 0. The molecule has 7 heteroatoms. The highest BCUT2D eigenvalue weighted by molar-refractivity contribution is 9.10. The van der Waals surface area contributed by atoms with E-state index < -0.39 is 0 Å². The summed E-state index contributed by atoms with van der Waals surface area (Å²) >= 11 is 3.41. The minimum Gasteiger partial charge on any atom is -0.325 e. The summed E-state index contributed by atoms with van der Waals surface area (Å²) in [7, 11) is 1.81. The molecule has 0 radical (unpaired) electrons. The van der Waals surface area contributed by atoms with Crippen molar-refractivity contribution >= 4 is 38.4 Å². The van der Waals surface area contributed by atoms with Crippen LogP contribution < -0.4 is 10.9 Å². The van der Waals surface area contributed by atoms with Gasteiger partial charge in [-0.25, -0.2) is 4.98 Å². The number of hydrogen-bond acceptors (Lipinski definition) is 4. The van der Waals surface area contributed by atoms with Crippen molar-refractivity contribution in [3.8, 4) is 0 Å². The predicted molar refractivity (Wildman–Crippen MR) is 106 cm³/mol. The minimum absolute atomic E-state index is 0.124. The van der Waals surface area contributed by atoms with Crippen LogP contribution in [0.1, 0.15) is 11.4 Å². The number of rotatable bonds is 5. The van der Waals surface area contributed by atoms with Crippen LogP contribution in [0, 0.1) is 6.92 Å². The van der Waals surface area contributed by atoms with Crippen molar-refractivity contribution in [1.29, 1.82) is 0 Å². The van der Waals surface area contributed by atoms with Gasteiger partial charge in [-0.05, 0) is 49.9 Å². The third-order valence-electron chi connectivity index (χ3n) is 3.96. The third-order valence-corrected chi connectivity index (χ3v) is 4.45. The number of carbonyl (C=O) groups excluding carboxylic acids is 1. The number of hydrogen-bond donors (Lipinski definition) is 2. The van der Waals surface area contributed by atoms with Gasteiger partial charge in [0.05, 0.1) is 24.0 Å². The van der Waals surface area contributed by atoms with Crippen molar-refractivity contribution in [2.24, 2.45) is 0 Å². The first-order chi connectivity index (χ1) is 12.4. The van der Waals surface area contributed by atoms with Crippen LogP contribution in [0.5, 0.6) is 0 Å². The maximum Gasteiger partial charge on any atom is 0.258 e. The number of aromatic nitrogens is 2. The minimum atomic E-state index is -0.172. The van der Waals surface area contributed by atoms with Crippen molar-refractivity contribution < 1.29 is 4.79 Å². The van der Waals surface area contributed by atoms with Gasteiger partial charge < -0.3 is 10.3 Å². The average molecular weight is 415 g/mol. The fourth-order valence-corrected chi connectivity index (χ4v) is 3.20. The molecule has 0 bridgehead atoms. The molecular formula is C19H19BrN4O2. The Balaban J connectivity index is 1.66. The van der Waals surface area contributed by atoms with Crippen LogP contribution in [0.4, 0.5) is 5.69 Å². The summed E-state index contributed by atoms with van der Waals surface area (Å²) in [5.41, 5.74) is 2.24. The summed E-state index contributed by atoms with van der Waals surface area (Å²) in [6, 6.07) is 12.9. The Morgan fingerprint density at radius 3 is 2.81 bits per heavy atom. The number of halogens is 1. The highest BCUT2D eigenvalue weighted by Gasteiger charge is 2.11. The highest BCUT2D eigenvalue weighted by Crippen LogP contribution is 2.20. The Kier molecular flexibility index (Phi) is 5.49. The van der Waals surface area contributed by atoms with Gasteiger partial charge in [-0.3, -0.25) is 14.5 Å². The fraction of sp³-hybridized carbons (Fsp3) is 0.211. The quantitative estimate of drug-likeness (QED) is 0.672. The van der Waals surface area contributed by atoms with Crippen molar-refractivity contribution in [2.75, 3.05) is 18.9 Å². The van der Waals surface area contributed by atoms with Crippen LogP contribution in [-0.4, -0.2) is 34.4 Å². The van der Waals surface area contributed by atoms with Crippen LogP contribution >= 0.6 is 15.9 Å². The van der Waals surface area contributed by atoms with E-state index in [1.54, 1.807) is 23.1 Å². The normalized spacial score (nSPS) is 11.1. The first-order valence-electron chi connectivity index (χ1n) is 8.15. The average Bonchev–Trinajstić information content (AvgIpc) is 2.57. The second-order valence-corrected chi connectivity index (χ2v) is 7.13. The lowest BCUT2D eigenvalue weighted by atomic mass is 10.2. The number of aryl methyl sites for hydroxylation is 1. The van der Waals surface area contributed by atoms with Crippen molar-refractivity contribution in [3.05, 3.63) is 68.7 Å². The fourth-order valence-electron chi connectivity index (χ4n) is 2.72. The molecule has 3 aromatic rings. The first-order valence-corrected chi connectivity index (χ1v) is 8.94. The number of likely N-dealkylation sites (N-methyl/N-ethyl adjacent to an activating group) is 1. The van der Waals surface area contributed by atoms with E-state index in [9.17, 15) is 9.59 Å². The Hall–Kier alpha value is -2.51. The number of aromatic amines is 1. The molecule has 0 saturated heterocycles. The molecule has 134 valence electrons. The Morgan fingerprint density at radius 2 is 2.04 bits per heavy atom. The topological polar surface area (TPSA) is 78.1 Å². The first kappa shape index (κ1) is 18.3. The molecule has 1 heterocycles. The largest absolute Gasteiger partial charge is 0.325 e. The van der Waals surface area contributed by atoms with E-state index in [4.69, 9.17) is 0 Å². The molecule has 26 heavy (non-hydrogen) atoms. The van der Waals surface area contributed by atoms with E-state index in [1.165, 1.54) is 0 Å². The molecule has 2 aromatic carbocycles. The lowest BCUT2D eigenvalue weighted by molar-refractivity contribution is -0.117. The molecule has 0 fully saturated rings. The number of nitrogens with one attached hydrogen (secondary N) is 2. The number of H-pyrrole nitrogens is 1. The summed E-state index contributed by atoms with van der Waals surface area (Å²) in [6.45, 7) is 2.49. The number of anilines is 1. The predicted octanol–water partition coefficient (Wildman–Crippen LogP) is 3.06. The summed E-state index contributed by atoms with van der Waals surface area (Å²) in [5.74, 6) is 0.407. The van der Waals surface area contributed by atoms with Gasteiger partial charge in [0, 0.05) is 10.2 Å². The molecule has 0 spiro atoms. The van der Waals surface area contributed by atoms with Gasteiger partial charge in [-0.2, -0.15) is 0 Å². The zero-order valence-corrected chi connectivity index (χ0v) is 16.1. The lowest BCUT2D eigenvalue weighted by Gasteiger charge is -2.16. The third kappa shape index (κ3) is 4.36. The van der Waals surface area contributed by atoms with E-state index in [0.29, 0.717) is 23.3 Å². The van der Waals surface area contributed by atoms with Gasteiger partial charge in [-0.15, -0.1) is 0 Å². The van der Waals surface area contributed by atoms with Gasteiger partial charge >= 0.3 is 0 Å². The van der Waals surface area contributed by atoms with E-state index >= 15 is 0 Å². The van der Waals surface area contributed by atoms with Crippen molar-refractivity contribution in [3.63, 3.8) is 0 Å². The second-order valence-electron chi connectivity index (χ2n) is 6.21. The van der Waals surface area contributed by atoms with Crippen LogP contribution in [0.15, 0.2) is 51.7 Å². The van der Waals surface area contributed by atoms with Crippen molar-refractivity contribution in [2.45, 2.75) is 13.5 Å². The number of nitrogens with zero attached hydrogens (tertiary/aromatic N) is 2. The number of para-hydroxylation sites is 1. The van der Waals surface area contributed by atoms with E-state index in [2.05, 4.69) is 31.2 Å². The molecule has 2 N–H and O–H groups in total. The van der Waals surface area contributed by atoms with Crippen LogP contribution in [0.25, 0.3) is 10.9 Å². The number of benzene rings is 2. The molecule has 0 aliphatic rings. The van der Waals surface area contributed by atoms with E-state index in [0.717, 1.165) is 15.7 Å². The molecule has 3 rings (SSSR count). The van der Waals surface area contributed by atoms with Crippen LogP contribution in [-0.2, 0) is 11.3 Å². The van der Waals surface area contributed by atoms with Gasteiger partial charge in [0.1, 0.15) is 5.82 Å². The smallest absolute Gasteiger partial charge is 0.258 e. The molecule has 6 nitrogen and oxygen atoms in total. The van der Waals surface area contributed by atoms with Gasteiger partial charge in [0.2, 0.25) is 5.91 Å². The van der Waals surface area contributed by atoms with Gasteiger partial charge in [0.25, 0.3) is 5.56 Å². The van der Waals surface area contributed by atoms with Gasteiger partial charge in [0.15, 0.2) is 0 Å². The van der Waals surface area contributed by atoms with E-state index in [1.807, 2.05) is 38.2 Å². The molecule has 0 aliphatic heterocycles. The SMILES string of the molecule is Cc1cc(Br)ccc1NC(=O)CN(C)Cc1nc2ccccc2c(=O)[nH]1. The Labute approximate surface area is 159 Å². The molecular weight excluding hydrogens is 396 g/mol. The van der Waals surface area contributed by atoms with Crippen LogP contribution in [0.3, 0.4) is 0 Å². The highest BCUT2D eigenvalue weighted by atomic mass is 79.9. The molecule has 0 atom stereocenters. The number of amides is 1. The van der Waals surface area contributed by atoms with Crippen molar-refractivity contribution in [1.82, 2.24) is 14.9 Å².